The maximum absolute atomic E-state index is 13.2. The number of para-hydroxylation sites is 1. The number of amides is 2. The van der Waals surface area contributed by atoms with Crippen LogP contribution in [0.5, 0.6) is 5.75 Å². The van der Waals surface area contributed by atoms with E-state index in [9.17, 15) is 9.59 Å². The van der Waals surface area contributed by atoms with E-state index in [1.54, 1.807) is 0 Å². The molecular weight excluding hydrogens is 416 g/mol. The fourth-order valence-corrected chi connectivity index (χ4v) is 5.52. The molecule has 1 atom stereocenters. The predicted octanol–water partition coefficient (Wildman–Crippen LogP) is 2.62. The third kappa shape index (κ3) is 6.27. The van der Waals surface area contributed by atoms with Gasteiger partial charge in [-0.05, 0) is 44.4 Å². The number of piperazine rings is 1. The average molecular weight is 457 g/mol. The summed E-state index contributed by atoms with van der Waals surface area (Å²) in [6.45, 7) is 10.7. The Labute approximate surface area is 198 Å². The van der Waals surface area contributed by atoms with Crippen molar-refractivity contribution in [2.24, 2.45) is 5.41 Å². The van der Waals surface area contributed by atoms with Gasteiger partial charge in [-0.2, -0.15) is 0 Å². The molecule has 3 aliphatic rings. The molecule has 0 saturated carbocycles. The third-order valence-electron chi connectivity index (χ3n) is 7.65. The number of fused-ring (bicyclic) bond motifs is 1. The van der Waals surface area contributed by atoms with Gasteiger partial charge in [0.15, 0.2) is 0 Å². The highest BCUT2D eigenvalue weighted by Crippen LogP contribution is 2.35. The number of piperidine rings is 1. The number of rotatable bonds is 3. The molecule has 1 spiro atoms. The van der Waals surface area contributed by atoms with Gasteiger partial charge < -0.3 is 19.9 Å². The van der Waals surface area contributed by atoms with E-state index in [4.69, 9.17) is 4.74 Å². The molecule has 1 aromatic rings. The highest BCUT2D eigenvalue weighted by Gasteiger charge is 2.37. The van der Waals surface area contributed by atoms with Crippen LogP contribution in [0.3, 0.4) is 0 Å². The van der Waals surface area contributed by atoms with Gasteiger partial charge in [-0.1, -0.05) is 31.9 Å². The van der Waals surface area contributed by atoms with Crippen molar-refractivity contribution in [3.8, 4) is 5.75 Å². The summed E-state index contributed by atoms with van der Waals surface area (Å²) < 4.78 is 5.88. The average Bonchev–Trinajstić information content (AvgIpc) is 2.85. The molecule has 0 bridgehead atoms. The summed E-state index contributed by atoms with van der Waals surface area (Å²) in [4.78, 5) is 33.0. The molecule has 33 heavy (non-hydrogen) atoms. The number of hydrogen-bond acceptors (Lipinski definition) is 5. The van der Waals surface area contributed by atoms with Crippen LogP contribution in [-0.4, -0.2) is 92.0 Å². The summed E-state index contributed by atoms with van der Waals surface area (Å²) in [5.41, 5.74) is 0.558. The summed E-state index contributed by atoms with van der Waals surface area (Å²) in [6, 6.07) is 7.49. The Balaban J connectivity index is 1.40. The number of carbonyl (C=O) groups is 2. The fraction of sp³-hybridized carbons (Fsp3) is 0.692. The molecule has 0 aliphatic carbocycles. The summed E-state index contributed by atoms with van der Waals surface area (Å²) in [7, 11) is 0. The van der Waals surface area contributed by atoms with E-state index in [0.717, 1.165) is 84.3 Å². The largest absolute Gasteiger partial charge is 0.493 e. The molecule has 7 heteroatoms. The minimum Gasteiger partial charge on any atom is -0.493 e. The first kappa shape index (κ1) is 24.0. The summed E-state index contributed by atoms with van der Waals surface area (Å²) in [5.74, 6) is 0.825. The highest BCUT2D eigenvalue weighted by atomic mass is 16.5. The smallest absolute Gasteiger partial charge is 0.255 e. The van der Waals surface area contributed by atoms with Crippen LogP contribution in [0.4, 0.5) is 0 Å². The van der Waals surface area contributed by atoms with E-state index in [1.807, 2.05) is 24.3 Å². The van der Waals surface area contributed by atoms with Crippen LogP contribution in [0.1, 0.15) is 55.8 Å². The van der Waals surface area contributed by atoms with Crippen molar-refractivity contribution in [1.29, 1.82) is 0 Å². The summed E-state index contributed by atoms with van der Waals surface area (Å²) in [6.07, 6.45) is 6.29. The lowest BCUT2D eigenvalue weighted by Gasteiger charge is -2.44. The molecule has 1 aromatic carbocycles. The quantitative estimate of drug-likeness (QED) is 0.758. The van der Waals surface area contributed by atoms with Crippen molar-refractivity contribution in [2.75, 3.05) is 65.5 Å². The van der Waals surface area contributed by atoms with Crippen LogP contribution < -0.4 is 10.1 Å². The van der Waals surface area contributed by atoms with Gasteiger partial charge in [0.25, 0.3) is 5.91 Å². The lowest BCUT2D eigenvalue weighted by Crippen LogP contribution is -2.54. The Hall–Kier alpha value is -2.12. The number of nitrogens with zero attached hydrogens (tertiary/aromatic N) is 3. The molecule has 2 fully saturated rings. The SMILES string of the molecule is CCN1CCN(CC(=O)N2CCCC3(CCCCCOc4ccccc4C(=O)NC3)C2)CC1. The molecule has 182 valence electrons. The lowest BCUT2D eigenvalue weighted by molar-refractivity contribution is -0.136. The van der Waals surface area contributed by atoms with Gasteiger partial charge in [0.05, 0.1) is 18.7 Å². The Morgan fingerprint density at radius 3 is 2.58 bits per heavy atom. The van der Waals surface area contributed by atoms with Gasteiger partial charge in [-0.15, -0.1) is 0 Å². The lowest BCUT2D eigenvalue weighted by atomic mass is 9.75. The van der Waals surface area contributed by atoms with Gasteiger partial charge in [-0.3, -0.25) is 14.5 Å². The Bertz CT molecular complexity index is 808. The van der Waals surface area contributed by atoms with Crippen molar-refractivity contribution in [3.63, 3.8) is 0 Å². The molecule has 1 N–H and O–H groups in total. The van der Waals surface area contributed by atoms with E-state index >= 15 is 0 Å². The minimum atomic E-state index is -0.0807. The summed E-state index contributed by atoms with van der Waals surface area (Å²) in [5, 5.41) is 3.20. The normalized spacial score (nSPS) is 26.0. The molecule has 4 rings (SSSR count). The predicted molar refractivity (Wildman–Crippen MR) is 130 cm³/mol. The van der Waals surface area contributed by atoms with E-state index in [-0.39, 0.29) is 17.2 Å². The number of ether oxygens (including phenoxy) is 1. The first-order valence-electron chi connectivity index (χ1n) is 12.8. The zero-order valence-electron chi connectivity index (χ0n) is 20.2. The van der Waals surface area contributed by atoms with E-state index in [0.29, 0.717) is 31.0 Å². The van der Waals surface area contributed by atoms with Crippen LogP contribution >= 0.6 is 0 Å². The third-order valence-corrected chi connectivity index (χ3v) is 7.65. The second-order valence-electron chi connectivity index (χ2n) is 9.97. The van der Waals surface area contributed by atoms with Crippen molar-refractivity contribution in [1.82, 2.24) is 20.0 Å². The van der Waals surface area contributed by atoms with E-state index < -0.39 is 0 Å². The standard InChI is InChI=1S/C26H40N4O3/c1-2-28-14-16-29(17-15-28)19-24(31)30-13-8-12-26(21-30)11-6-3-7-18-33-23-10-5-4-9-22(23)25(32)27-20-26/h4-5,9-10H,2-3,6-8,11-21H2,1H3,(H,27,32). The minimum absolute atomic E-state index is 0.0422. The van der Waals surface area contributed by atoms with Crippen molar-refractivity contribution in [3.05, 3.63) is 29.8 Å². The molecule has 1 unspecified atom stereocenters. The van der Waals surface area contributed by atoms with E-state index in [1.165, 1.54) is 0 Å². The van der Waals surface area contributed by atoms with Crippen molar-refractivity contribution in [2.45, 2.75) is 45.4 Å². The second kappa shape index (κ2) is 11.3. The van der Waals surface area contributed by atoms with Crippen molar-refractivity contribution >= 4 is 11.8 Å². The van der Waals surface area contributed by atoms with Crippen molar-refractivity contribution < 1.29 is 14.3 Å². The first-order chi connectivity index (χ1) is 16.1. The van der Waals surface area contributed by atoms with E-state index in [2.05, 4.69) is 26.9 Å². The number of benzene rings is 1. The van der Waals surface area contributed by atoms with Gasteiger partial charge in [-0.25, -0.2) is 0 Å². The molecule has 2 amide bonds. The van der Waals surface area contributed by atoms with Crippen LogP contribution in [0.15, 0.2) is 24.3 Å². The molecule has 3 heterocycles. The summed E-state index contributed by atoms with van der Waals surface area (Å²) >= 11 is 0. The van der Waals surface area contributed by atoms with Crippen LogP contribution in [-0.2, 0) is 4.79 Å². The number of nitrogens with one attached hydrogen (secondary N) is 1. The van der Waals surface area contributed by atoms with Gasteiger partial charge in [0.1, 0.15) is 5.75 Å². The molecular formula is C26H40N4O3. The van der Waals surface area contributed by atoms with Gasteiger partial charge in [0, 0.05) is 51.2 Å². The second-order valence-corrected chi connectivity index (χ2v) is 9.97. The fourth-order valence-electron chi connectivity index (χ4n) is 5.52. The topological polar surface area (TPSA) is 65.1 Å². The number of likely N-dealkylation sites (tertiary alicyclic amines) is 1. The molecule has 7 nitrogen and oxygen atoms in total. The first-order valence-corrected chi connectivity index (χ1v) is 12.8. The number of hydrogen-bond donors (Lipinski definition) is 1. The maximum atomic E-state index is 13.2. The molecule has 0 radical (unpaired) electrons. The number of likely N-dealkylation sites (N-methyl/N-ethyl adjacent to an activating group) is 1. The Kier molecular flexibility index (Phi) is 8.25. The van der Waals surface area contributed by atoms with Gasteiger partial charge >= 0.3 is 0 Å². The molecule has 3 aliphatic heterocycles. The molecule has 0 aromatic heterocycles. The molecule has 2 saturated heterocycles. The van der Waals surface area contributed by atoms with Crippen LogP contribution in [0, 0.1) is 5.41 Å². The van der Waals surface area contributed by atoms with Gasteiger partial charge in [0.2, 0.25) is 5.91 Å². The number of carbonyl (C=O) groups excluding carboxylic acids is 2. The Morgan fingerprint density at radius 2 is 1.76 bits per heavy atom. The maximum Gasteiger partial charge on any atom is 0.255 e. The highest BCUT2D eigenvalue weighted by molar-refractivity contribution is 5.96. The zero-order chi connectivity index (χ0) is 23.1. The van der Waals surface area contributed by atoms with Crippen LogP contribution in [0.2, 0.25) is 0 Å². The zero-order valence-corrected chi connectivity index (χ0v) is 20.2. The monoisotopic (exact) mass is 456 g/mol. The Morgan fingerprint density at radius 1 is 1.00 bits per heavy atom. The van der Waals surface area contributed by atoms with Crippen LogP contribution in [0.25, 0.3) is 0 Å².